The first-order valence-electron chi connectivity index (χ1n) is 7.26. The van der Waals surface area contributed by atoms with Crippen LogP contribution in [0.3, 0.4) is 0 Å². The molecule has 1 saturated heterocycles. The lowest BCUT2D eigenvalue weighted by molar-refractivity contribution is 0.198. The van der Waals surface area contributed by atoms with Crippen LogP contribution >= 0.6 is 11.8 Å². The number of anilines is 2. The summed E-state index contributed by atoms with van der Waals surface area (Å²) in [5.74, 6) is 2.19. The molecule has 2 heterocycles. The highest BCUT2D eigenvalue weighted by Crippen LogP contribution is 2.35. The molecule has 5 heteroatoms. The van der Waals surface area contributed by atoms with E-state index in [4.69, 9.17) is 5.73 Å². The Morgan fingerprint density at radius 2 is 1.80 bits per heavy atom. The van der Waals surface area contributed by atoms with Gasteiger partial charge in [-0.3, -0.25) is 0 Å². The van der Waals surface area contributed by atoms with Crippen LogP contribution in [0, 0.1) is 18.3 Å². The van der Waals surface area contributed by atoms with E-state index >= 15 is 0 Å². The number of aryl methyl sites for hydroxylation is 1. The van der Waals surface area contributed by atoms with Gasteiger partial charge in [-0.05, 0) is 37.4 Å². The van der Waals surface area contributed by atoms with Crippen molar-refractivity contribution in [3.8, 4) is 0 Å². The Balaban J connectivity index is 2.11. The molecular weight excluding hydrogens is 268 g/mol. The van der Waals surface area contributed by atoms with Gasteiger partial charge >= 0.3 is 0 Å². The van der Waals surface area contributed by atoms with Crippen molar-refractivity contribution in [1.29, 1.82) is 0 Å². The molecule has 1 aromatic rings. The van der Waals surface area contributed by atoms with Crippen molar-refractivity contribution in [3.05, 3.63) is 5.69 Å². The van der Waals surface area contributed by atoms with E-state index in [0.717, 1.165) is 35.5 Å². The van der Waals surface area contributed by atoms with Crippen LogP contribution in [0.5, 0.6) is 0 Å². The largest absolute Gasteiger partial charge is 0.383 e. The van der Waals surface area contributed by atoms with Crippen molar-refractivity contribution in [2.45, 2.75) is 45.4 Å². The Morgan fingerprint density at radius 1 is 1.20 bits per heavy atom. The SMILES string of the molecule is CSc1c(C)nc(N2CCC(C(C)(C)C)CC2)nc1N. The molecule has 1 aromatic heterocycles. The van der Waals surface area contributed by atoms with Gasteiger partial charge in [-0.2, -0.15) is 4.98 Å². The van der Waals surface area contributed by atoms with Gasteiger partial charge in [0.15, 0.2) is 0 Å². The minimum atomic E-state index is 0.393. The van der Waals surface area contributed by atoms with Gasteiger partial charge in [0.1, 0.15) is 5.82 Å². The number of piperidine rings is 1. The maximum atomic E-state index is 6.04. The van der Waals surface area contributed by atoms with Crippen LogP contribution in [-0.4, -0.2) is 29.3 Å². The zero-order valence-corrected chi connectivity index (χ0v) is 14.0. The molecule has 0 saturated carbocycles. The second kappa shape index (κ2) is 5.80. The molecular formula is C15H26N4S. The molecule has 1 aliphatic heterocycles. The van der Waals surface area contributed by atoms with Crippen molar-refractivity contribution < 1.29 is 0 Å². The van der Waals surface area contributed by atoms with E-state index in [1.165, 1.54) is 12.8 Å². The van der Waals surface area contributed by atoms with Gasteiger partial charge in [0, 0.05) is 13.1 Å². The van der Waals surface area contributed by atoms with Crippen molar-refractivity contribution in [1.82, 2.24) is 9.97 Å². The molecule has 1 aliphatic rings. The summed E-state index contributed by atoms with van der Waals surface area (Å²) in [5, 5.41) is 0. The Morgan fingerprint density at radius 3 is 2.25 bits per heavy atom. The molecule has 0 aliphatic carbocycles. The van der Waals surface area contributed by atoms with Gasteiger partial charge < -0.3 is 10.6 Å². The molecule has 2 rings (SSSR count). The maximum absolute atomic E-state index is 6.04. The summed E-state index contributed by atoms with van der Waals surface area (Å²) < 4.78 is 0. The minimum absolute atomic E-state index is 0.393. The van der Waals surface area contributed by atoms with E-state index in [1.807, 2.05) is 13.2 Å². The van der Waals surface area contributed by atoms with E-state index in [2.05, 4.69) is 35.6 Å². The summed E-state index contributed by atoms with van der Waals surface area (Å²) in [6.45, 7) is 11.1. The van der Waals surface area contributed by atoms with E-state index in [0.29, 0.717) is 11.2 Å². The summed E-state index contributed by atoms with van der Waals surface area (Å²) in [6.07, 6.45) is 4.42. The smallest absolute Gasteiger partial charge is 0.227 e. The van der Waals surface area contributed by atoms with Gasteiger partial charge in [-0.25, -0.2) is 4.98 Å². The highest BCUT2D eigenvalue weighted by Gasteiger charge is 2.29. The molecule has 0 bridgehead atoms. The van der Waals surface area contributed by atoms with E-state index in [-0.39, 0.29) is 0 Å². The molecule has 0 unspecified atom stereocenters. The number of aromatic nitrogens is 2. The van der Waals surface area contributed by atoms with Gasteiger partial charge in [0.2, 0.25) is 5.95 Å². The van der Waals surface area contributed by atoms with Gasteiger partial charge in [0.25, 0.3) is 0 Å². The summed E-state index contributed by atoms with van der Waals surface area (Å²) in [4.78, 5) is 12.4. The molecule has 0 amide bonds. The van der Waals surface area contributed by atoms with Crippen LogP contribution in [0.2, 0.25) is 0 Å². The summed E-state index contributed by atoms with van der Waals surface area (Å²) >= 11 is 1.61. The number of nitrogens with zero attached hydrogens (tertiary/aromatic N) is 3. The Kier molecular flexibility index (Phi) is 4.47. The molecule has 4 nitrogen and oxygen atoms in total. The average Bonchev–Trinajstić information content (AvgIpc) is 2.37. The normalized spacial score (nSPS) is 17.6. The van der Waals surface area contributed by atoms with E-state index in [1.54, 1.807) is 11.8 Å². The fraction of sp³-hybridized carbons (Fsp3) is 0.733. The number of thioether (sulfide) groups is 1. The van der Waals surface area contributed by atoms with Crippen LogP contribution in [0.4, 0.5) is 11.8 Å². The first kappa shape index (κ1) is 15.4. The third-order valence-electron chi connectivity index (χ3n) is 4.26. The fourth-order valence-corrected chi connectivity index (χ4v) is 3.50. The number of hydrogen-bond acceptors (Lipinski definition) is 5. The lowest BCUT2D eigenvalue weighted by Crippen LogP contribution is -2.39. The van der Waals surface area contributed by atoms with Gasteiger partial charge in [-0.15, -0.1) is 11.8 Å². The number of rotatable bonds is 2. The van der Waals surface area contributed by atoms with Gasteiger partial charge in [-0.1, -0.05) is 20.8 Å². The highest BCUT2D eigenvalue weighted by atomic mass is 32.2. The van der Waals surface area contributed by atoms with Crippen LogP contribution in [0.15, 0.2) is 4.90 Å². The number of nitrogens with two attached hydrogens (primary N) is 1. The summed E-state index contributed by atoms with van der Waals surface area (Å²) in [5.41, 5.74) is 7.41. The zero-order valence-electron chi connectivity index (χ0n) is 13.2. The zero-order chi connectivity index (χ0) is 14.9. The molecule has 0 aromatic carbocycles. The number of hydrogen-bond donors (Lipinski definition) is 1. The highest BCUT2D eigenvalue weighted by molar-refractivity contribution is 7.98. The third-order valence-corrected chi connectivity index (χ3v) is 5.17. The summed E-state index contributed by atoms with van der Waals surface area (Å²) in [7, 11) is 0. The standard InChI is InChI=1S/C15H26N4S/c1-10-12(20-5)13(16)18-14(17-10)19-8-6-11(7-9-19)15(2,3)4/h11H,6-9H2,1-5H3,(H2,16,17,18). The lowest BCUT2D eigenvalue weighted by atomic mass is 9.75. The molecule has 112 valence electrons. The van der Waals surface area contributed by atoms with Crippen molar-refractivity contribution in [3.63, 3.8) is 0 Å². The van der Waals surface area contributed by atoms with Crippen molar-refractivity contribution in [2.75, 3.05) is 30.0 Å². The minimum Gasteiger partial charge on any atom is -0.383 e. The predicted octanol–water partition coefficient (Wildman–Crippen LogP) is 3.35. The average molecular weight is 294 g/mol. The molecule has 2 N–H and O–H groups in total. The predicted molar refractivity (Wildman–Crippen MR) is 87.4 cm³/mol. The van der Waals surface area contributed by atoms with E-state index in [9.17, 15) is 0 Å². The quantitative estimate of drug-likeness (QED) is 0.848. The molecule has 20 heavy (non-hydrogen) atoms. The van der Waals surface area contributed by atoms with Crippen LogP contribution in [0.1, 0.15) is 39.3 Å². The monoisotopic (exact) mass is 294 g/mol. The van der Waals surface area contributed by atoms with E-state index < -0.39 is 0 Å². The second-order valence-electron chi connectivity index (χ2n) is 6.65. The molecule has 0 spiro atoms. The van der Waals surface area contributed by atoms with Crippen LogP contribution in [0.25, 0.3) is 0 Å². The van der Waals surface area contributed by atoms with Crippen LogP contribution in [-0.2, 0) is 0 Å². The Hall–Kier alpha value is -0.970. The van der Waals surface area contributed by atoms with Crippen LogP contribution < -0.4 is 10.6 Å². The van der Waals surface area contributed by atoms with Gasteiger partial charge in [0.05, 0.1) is 10.6 Å². The Bertz CT molecular complexity index is 450. The lowest BCUT2D eigenvalue weighted by Gasteiger charge is -2.38. The first-order valence-corrected chi connectivity index (χ1v) is 8.48. The molecule has 0 radical (unpaired) electrons. The third kappa shape index (κ3) is 3.19. The van der Waals surface area contributed by atoms with Crippen molar-refractivity contribution in [2.24, 2.45) is 11.3 Å². The second-order valence-corrected chi connectivity index (χ2v) is 7.47. The Labute approximate surface area is 126 Å². The fourth-order valence-electron chi connectivity index (χ4n) is 2.91. The summed E-state index contributed by atoms with van der Waals surface area (Å²) in [6, 6.07) is 0. The first-order chi connectivity index (χ1) is 9.32. The molecule has 1 fully saturated rings. The van der Waals surface area contributed by atoms with Crippen molar-refractivity contribution >= 4 is 23.5 Å². The maximum Gasteiger partial charge on any atom is 0.227 e. The number of nitrogen functional groups attached to an aromatic ring is 1. The topological polar surface area (TPSA) is 55.0 Å². The molecule has 0 atom stereocenters.